The smallest absolute Gasteiger partial charge is 0.252 e. The first-order valence-electron chi connectivity index (χ1n) is 9.67. The molecule has 1 saturated heterocycles. The topological polar surface area (TPSA) is 128 Å². The second kappa shape index (κ2) is 9.41. The zero-order valence-corrected chi connectivity index (χ0v) is 17.0. The monoisotopic (exact) mass is 412 g/mol. The quantitative estimate of drug-likeness (QED) is 0.732. The fourth-order valence-electron chi connectivity index (χ4n) is 3.23. The molecule has 9 heteroatoms. The van der Waals surface area contributed by atoms with Crippen LogP contribution in [-0.2, 0) is 9.53 Å². The van der Waals surface area contributed by atoms with Crippen LogP contribution < -0.4 is 15.2 Å². The highest BCUT2D eigenvalue weighted by molar-refractivity contribution is 6.01. The van der Waals surface area contributed by atoms with E-state index in [1.165, 1.54) is 0 Å². The van der Waals surface area contributed by atoms with Crippen molar-refractivity contribution in [3.05, 3.63) is 30.0 Å². The molecule has 0 radical (unpaired) electrons. The first kappa shape index (κ1) is 21.3. The van der Waals surface area contributed by atoms with Crippen LogP contribution in [0.1, 0.15) is 30.6 Å². The van der Waals surface area contributed by atoms with E-state index in [0.717, 1.165) is 5.39 Å². The zero-order valence-electron chi connectivity index (χ0n) is 17.0. The molecule has 1 aromatic heterocycles. The first-order valence-corrected chi connectivity index (χ1v) is 9.67. The van der Waals surface area contributed by atoms with Crippen molar-refractivity contribution in [2.24, 2.45) is 5.73 Å². The number of hydrogen-bond donors (Lipinski definition) is 1. The molecular formula is C21H24N4O5. The van der Waals surface area contributed by atoms with E-state index in [1.54, 1.807) is 29.3 Å². The summed E-state index contributed by atoms with van der Waals surface area (Å²) >= 11 is 0. The number of benzene rings is 1. The number of nitriles is 1. The summed E-state index contributed by atoms with van der Waals surface area (Å²) in [5.41, 5.74) is 5.79. The van der Waals surface area contributed by atoms with Crippen molar-refractivity contribution in [1.29, 1.82) is 5.26 Å². The second-order valence-electron chi connectivity index (χ2n) is 7.19. The summed E-state index contributed by atoms with van der Waals surface area (Å²) < 4.78 is 17.3. The third kappa shape index (κ3) is 4.96. The number of nitrogens with zero attached hydrogens (tertiary/aromatic N) is 3. The van der Waals surface area contributed by atoms with Crippen molar-refractivity contribution in [2.45, 2.75) is 32.5 Å². The predicted molar refractivity (Wildman–Crippen MR) is 108 cm³/mol. The number of rotatable bonds is 7. The van der Waals surface area contributed by atoms with Crippen molar-refractivity contribution in [1.82, 2.24) is 9.88 Å². The fraction of sp³-hybridized carbons (Fsp3) is 0.429. The molecule has 2 amide bonds. The number of carbonyl (C=O) groups is 2. The minimum Gasteiger partial charge on any atom is -0.490 e. The average molecular weight is 412 g/mol. The standard InChI is InChI=1S/C21H24N4O5/c1-13(2)30-18-10-16-14(9-17(18)20(23)27)4-6-24-21(16)29-12-15-11-25(7-8-28-15)19(26)3-5-22/h4,6,9-10,13,15H,3,7-8,11-12H2,1-2H3,(H2,23,27). The largest absolute Gasteiger partial charge is 0.490 e. The van der Waals surface area contributed by atoms with Crippen LogP contribution in [0.25, 0.3) is 10.8 Å². The van der Waals surface area contributed by atoms with E-state index in [1.807, 2.05) is 19.9 Å². The number of ether oxygens (including phenoxy) is 3. The lowest BCUT2D eigenvalue weighted by Crippen LogP contribution is -2.47. The van der Waals surface area contributed by atoms with Gasteiger partial charge in [-0.05, 0) is 37.4 Å². The van der Waals surface area contributed by atoms with E-state index in [4.69, 9.17) is 25.2 Å². The molecule has 2 aromatic rings. The normalized spacial score (nSPS) is 16.3. The van der Waals surface area contributed by atoms with Gasteiger partial charge in [0.2, 0.25) is 11.8 Å². The number of carbonyl (C=O) groups excluding carboxylic acids is 2. The van der Waals surface area contributed by atoms with Crippen LogP contribution in [-0.4, -0.2) is 60.2 Å². The van der Waals surface area contributed by atoms with Crippen molar-refractivity contribution in [3.8, 4) is 17.7 Å². The Hall–Kier alpha value is -3.38. The molecule has 158 valence electrons. The lowest BCUT2D eigenvalue weighted by molar-refractivity contribution is -0.138. The predicted octanol–water partition coefficient (Wildman–Crippen LogP) is 1.64. The van der Waals surface area contributed by atoms with Gasteiger partial charge in [0, 0.05) is 18.1 Å². The highest BCUT2D eigenvalue weighted by Crippen LogP contribution is 2.31. The van der Waals surface area contributed by atoms with Gasteiger partial charge in [-0.1, -0.05) is 0 Å². The number of fused-ring (bicyclic) bond motifs is 1. The Morgan fingerprint density at radius 1 is 1.43 bits per heavy atom. The average Bonchev–Trinajstić information content (AvgIpc) is 2.71. The molecule has 9 nitrogen and oxygen atoms in total. The maximum atomic E-state index is 11.9. The summed E-state index contributed by atoms with van der Waals surface area (Å²) in [6, 6.07) is 6.98. The van der Waals surface area contributed by atoms with E-state index < -0.39 is 5.91 Å². The maximum Gasteiger partial charge on any atom is 0.252 e. The van der Waals surface area contributed by atoms with Crippen LogP contribution in [0.5, 0.6) is 11.6 Å². The summed E-state index contributed by atoms with van der Waals surface area (Å²) in [5.74, 6) is -0.0700. The van der Waals surface area contributed by atoms with Gasteiger partial charge in [-0.2, -0.15) is 5.26 Å². The van der Waals surface area contributed by atoms with E-state index in [9.17, 15) is 9.59 Å². The van der Waals surface area contributed by atoms with Crippen LogP contribution in [0.2, 0.25) is 0 Å². The minimum absolute atomic E-state index is 0.144. The molecule has 0 spiro atoms. The Balaban J connectivity index is 1.80. The molecule has 2 N–H and O–H groups in total. The van der Waals surface area contributed by atoms with Crippen LogP contribution in [0.4, 0.5) is 0 Å². The van der Waals surface area contributed by atoms with Crippen molar-refractivity contribution < 1.29 is 23.8 Å². The molecule has 1 fully saturated rings. The van der Waals surface area contributed by atoms with E-state index in [2.05, 4.69) is 4.98 Å². The van der Waals surface area contributed by atoms with Gasteiger partial charge in [0.15, 0.2) is 0 Å². The highest BCUT2D eigenvalue weighted by atomic mass is 16.5. The molecule has 1 aromatic carbocycles. The Morgan fingerprint density at radius 3 is 2.93 bits per heavy atom. The molecule has 0 saturated carbocycles. The third-order valence-corrected chi connectivity index (χ3v) is 4.58. The van der Waals surface area contributed by atoms with Gasteiger partial charge in [0.1, 0.15) is 24.9 Å². The molecule has 1 aliphatic rings. The molecule has 30 heavy (non-hydrogen) atoms. The SMILES string of the molecule is CC(C)Oc1cc2c(OCC3CN(C(=O)CC#N)CCO3)nccc2cc1C(N)=O. The molecular weight excluding hydrogens is 388 g/mol. The van der Waals surface area contributed by atoms with Crippen LogP contribution in [0.15, 0.2) is 24.4 Å². The number of primary amides is 1. The van der Waals surface area contributed by atoms with Gasteiger partial charge in [-0.3, -0.25) is 9.59 Å². The van der Waals surface area contributed by atoms with Crippen molar-refractivity contribution >= 4 is 22.6 Å². The number of amides is 2. The number of pyridine rings is 1. The number of aromatic nitrogens is 1. The maximum absolute atomic E-state index is 11.9. The molecule has 1 aliphatic heterocycles. The van der Waals surface area contributed by atoms with Crippen molar-refractivity contribution in [3.63, 3.8) is 0 Å². The van der Waals surface area contributed by atoms with Gasteiger partial charge >= 0.3 is 0 Å². The number of hydrogen-bond acceptors (Lipinski definition) is 7. The minimum atomic E-state index is -0.579. The molecule has 1 unspecified atom stereocenters. The van der Waals surface area contributed by atoms with Gasteiger partial charge in [-0.15, -0.1) is 0 Å². The van der Waals surface area contributed by atoms with Crippen LogP contribution in [0.3, 0.4) is 0 Å². The van der Waals surface area contributed by atoms with Crippen LogP contribution >= 0.6 is 0 Å². The lowest BCUT2D eigenvalue weighted by atomic mass is 10.1. The molecule has 3 rings (SSSR count). The molecule has 1 atom stereocenters. The Morgan fingerprint density at radius 2 is 2.23 bits per heavy atom. The third-order valence-electron chi connectivity index (χ3n) is 4.58. The summed E-state index contributed by atoms with van der Waals surface area (Å²) in [6.45, 7) is 5.07. The summed E-state index contributed by atoms with van der Waals surface area (Å²) in [7, 11) is 0. The Bertz CT molecular complexity index is 985. The van der Waals surface area contributed by atoms with Crippen LogP contribution in [0, 0.1) is 11.3 Å². The number of morpholine rings is 1. The Labute approximate surface area is 174 Å². The van der Waals surface area contributed by atoms with Gasteiger partial charge in [0.05, 0.1) is 30.9 Å². The second-order valence-corrected chi connectivity index (χ2v) is 7.19. The summed E-state index contributed by atoms with van der Waals surface area (Å²) in [6.07, 6.45) is 0.943. The molecule has 0 bridgehead atoms. The van der Waals surface area contributed by atoms with Gasteiger partial charge in [0.25, 0.3) is 5.91 Å². The van der Waals surface area contributed by atoms with E-state index >= 15 is 0 Å². The fourth-order valence-corrected chi connectivity index (χ4v) is 3.23. The summed E-state index contributed by atoms with van der Waals surface area (Å²) in [5, 5.41) is 10.1. The number of nitrogens with two attached hydrogens (primary N) is 1. The highest BCUT2D eigenvalue weighted by Gasteiger charge is 2.25. The summed E-state index contributed by atoms with van der Waals surface area (Å²) in [4.78, 5) is 29.7. The van der Waals surface area contributed by atoms with E-state index in [-0.39, 0.29) is 36.7 Å². The Kier molecular flexibility index (Phi) is 6.69. The zero-order chi connectivity index (χ0) is 21.7. The van der Waals surface area contributed by atoms with Gasteiger partial charge in [-0.25, -0.2) is 4.98 Å². The molecule has 2 heterocycles. The molecule has 0 aliphatic carbocycles. The lowest BCUT2D eigenvalue weighted by Gasteiger charge is -2.32. The van der Waals surface area contributed by atoms with Gasteiger partial charge < -0.3 is 24.8 Å². The first-order chi connectivity index (χ1) is 14.4. The van der Waals surface area contributed by atoms with E-state index in [0.29, 0.717) is 36.7 Å². The van der Waals surface area contributed by atoms with Crippen molar-refractivity contribution in [2.75, 3.05) is 26.3 Å².